The van der Waals surface area contributed by atoms with Gasteiger partial charge >= 0.3 is 0 Å². The lowest BCUT2D eigenvalue weighted by molar-refractivity contribution is 0.363. The van der Waals surface area contributed by atoms with E-state index in [1.165, 1.54) is 0 Å². The number of benzene rings is 1. The van der Waals surface area contributed by atoms with Crippen molar-refractivity contribution in [3.63, 3.8) is 0 Å². The van der Waals surface area contributed by atoms with Gasteiger partial charge in [0.05, 0.1) is 0 Å². The Bertz CT molecular complexity index is 354. The van der Waals surface area contributed by atoms with E-state index in [1.54, 1.807) is 0 Å². The second-order valence-electron chi connectivity index (χ2n) is 3.79. The molecule has 0 aliphatic carbocycles. The lowest BCUT2D eigenvalue weighted by Crippen LogP contribution is -2.24. The minimum Gasteiger partial charge on any atom is -0.481 e. The van der Waals surface area contributed by atoms with Gasteiger partial charge in [0, 0.05) is 18.2 Å². The molecule has 0 spiro atoms. The van der Waals surface area contributed by atoms with Crippen molar-refractivity contribution in [2.24, 2.45) is 0 Å². The Labute approximate surface area is 98.0 Å². The molecule has 1 aromatic rings. The Morgan fingerprint density at radius 3 is 2.88 bits per heavy atom. The first kappa shape index (κ1) is 12.6. The third-order valence-electron chi connectivity index (χ3n) is 2.54. The molecule has 0 bridgehead atoms. The van der Waals surface area contributed by atoms with E-state index in [0.29, 0.717) is 12.6 Å². The normalized spacial score (nSPS) is 11.8. The van der Waals surface area contributed by atoms with Crippen LogP contribution in [0.2, 0.25) is 0 Å². The van der Waals surface area contributed by atoms with Crippen LogP contribution in [0.1, 0.15) is 25.8 Å². The van der Waals surface area contributed by atoms with Crippen LogP contribution in [-0.2, 0) is 6.54 Å². The van der Waals surface area contributed by atoms with Crippen LogP contribution in [0.25, 0.3) is 0 Å². The van der Waals surface area contributed by atoms with Crippen LogP contribution in [0.4, 0.5) is 0 Å². The highest BCUT2D eigenvalue weighted by atomic mass is 16.5. The first-order chi connectivity index (χ1) is 7.77. The van der Waals surface area contributed by atoms with Gasteiger partial charge in [-0.3, -0.25) is 0 Å². The lowest BCUT2D eigenvalue weighted by atomic mass is 10.2. The highest BCUT2D eigenvalue weighted by molar-refractivity contribution is 5.33. The fraction of sp³-hybridized carbons (Fsp3) is 0.429. The van der Waals surface area contributed by atoms with Crippen LogP contribution in [0.15, 0.2) is 24.3 Å². The van der Waals surface area contributed by atoms with Crippen molar-refractivity contribution in [2.75, 3.05) is 6.61 Å². The van der Waals surface area contributed by atoms with Gasteiger partial charge in [-0.25, -0.2) is 0 Å². The second-order valence-corrected chi connectivity index (χ2v) is 3.79. The Morgan fingerprint density at radius 2 is 2.19 bits per heavy atom. The summed E-state index contributed by atoms with van der Waals surface area (Å²) in [6.45, 7) is 5.47. The van der Waals surface area contributed by atoms with Crippen LogP contribution >= 0.6 is 0 Å². The molecule has 86 valence electrons. The van der Waals surface area contributed by atoms with Crippen molar-refractivity contribution >= 4 is 0 Å². The minimum absolute atomic E-state index is 0.320. The van der Waals surface area contributed by atoms with Crippen molar-refractivity contribution in [3.8, 4) is 18.1 Å². The first-order valence-electron chi connectivity index (χ1n) is 5.65. The number of rotatable bonds is 6. The molecule has 1 unspecified atom stereocenters. The molecule has 0 amide bonds. The highest BCUT2D eigenvalue weighted by Gasteiger charge is 2.03. The SMILES string of the molecule is C#CCOc1ccccc1CNC(C)CC. The molecule has 1 aromatic carbocycles. The van der Waals surface area contributed by atoms with Gasteiger partial charge in [-0.05, 0) is 19.4 Å². The average molecular weight is 217 g/mol. The van der Waals surface area contributed by atoms with Crippen LogP contribution in [0.5, 0.6) is 5.75 Å². The molecule has 0 saturated heterocycles. The van der Waals surface area contributed by atoms with Gasteiger partial charge in [0.25, 0.3) is 0 Å². The monoisotopic (exact) mass is 217 g/mol. The summed E-state index contributed by atoms with van der Waals surface area (Å²) < 4.78 is 5.48. The van der Waals surface area contributed by atoms with Crippen molar-refractivity contribution in [3.05, 3.63) is 29.8 Å². The van der Waals surface area contributed by atoms with Crippen LogP contribution in [0.3, 0.4) is 0 Å². The molecule has 0 radical (unpaired) electrons. The fourth-order valence-corrected chi connectivity index (χ4v) is 1.34. The smallest absolute Gasteiger partial charge is 0.148 e. The van der Waals surface area contributed by atoms with Gasteiger partial charge < -0.3 is 10.1 Å². The van der Waals surface area contributed by atoms with Gasteiger partial charge in [-0.15, -0.1) is 6.42 Å². The Morgan fingerprint density at radius 1 is 1.44 bits per heavy atom. The Balaban J connectivity index is 2.60. The number of hydrogen-bond donors (Lipinski definition) is 1. The third-order valence-corrected chi connectivity index (χ3v) is 2.54. The maximum atomic E-state index is 5.48. The average Bonchev–Trinajstić information content (AvgIpc) is 2.34. The summed E-state index contributed by atoms with van der Waals surface area (Å²) in [5, 5.41) is 3.43. The predicted octanol–water partition coefficient (Wildman–Crippen LogP) is 2.59. The van der Waals surface area contributed by atoms with Crippen LogP contribution in [0, 0.1) is 12.3 Å². The van der Waals surface area contributed by atoms with Gasteiger partial charge in [0.2, 0.25) is 0 Å². The zero-order chi connectivity index (χ0) is 11.8. The largest absolute Gasteiger partial charge is 0.481 e. The maximum Gasteiger partial charge on any atom is 0.148 e. The van der Waals surface area contributed by atoms with Crippen molar-refractivity contribution in [1.29, 1.82) is 0 Å². The number of para-hydroxylation sites is 1. The lowest BCUT2D eigenvalue weighted by Gasteiger charge is -2.14. The van der Waals surface area contributed by atoms with E-state index in [-0.39, 0.29) is 0 Å². The summed E-state index contributed by atoms with van der Waals surface area (Å²) in [5.74, 6) is 3.35. The summed E-state index contributed by atoms with van der Waals surface area (Å²) in [7, 11) is 0. The summed E-state index contributed by atoms with van der Waals surface area (Å²) in [6, 6.07) is 8.49. The molecule has 2 heteroatoms. The molecule has 1 rings (SSSR count). The van der Waals surface area contributed by atoms with Gasteiger partial charge in [-0.1, -0.05) is 31.0 Å². The van der Waals surface area contributed by atoms with E-state index in [4.69, 9.17) is 11.2 Å². The number of terminal acetylenes is 1. The first-order valence-corrected chi connectivity index (χ1v) is 5.65. The molecule has 0 aromatic heterocycles. The summed E-state index contributed by atoms with van der Waals surface area (Å²) in [4.78, 5) is 0. The zero-order valence-electron chi connectivity index (χ0n) is 9.99. The van der Waals surface area contributed by atoms with Gasteiger partial charge in [0.1, 0.15) is 12.4 Å². The van der Waals surface area contributed by atoms with E-state index in [2.05, 4.69) is 31.2 Å². The molecule has 0 heterocycles. The van der Waals surface area contributed by atoms with Crippen molar-refractivity contribution in [1.82, 2.24) is 5.32 Å². The number of ether oxygens (including phenoxy) is 1. The van der Waals surface area contributed by atoms with E-state index in [0.717, 1.165) is 24.3 Å². The summed E-state index contributed by atoms with van der Waals surface area (Å²) >= 11 is 0. The highest BCUT2D eigenvalue weighted by Crippen LogP contribution is 2.17. The minimum atomic E-state index is 0.320. The Kier molecular flexibility index (Phi) is 5.45. The van der Waals surface area contributed by atoms with E-state index in [9.17, 15) is 0 Å². The molecule has 2 nitrogen and oxygen atoms in total. The van der Waals surface area contributed by atoms with E-state index >= 15 is 0 Å². The maximum absolute atomic E-state index is 5.48. The van der Waals surface area contributed by atoms with Gasteiger partial charge in [0.15, 0.2) is 0 Å². The van der Waals surface area contributed by atoms with Crippen LogP contribution < -0.4 is 10.1 Å². The molecule has 1 atom stereocenters. The molecular formula is C14H19NO. The predicted molar refractivity (Wildman–Crippen MR) is 67.4 cm³/mol. The summed E-state index contributed by atoms with van der Waals surface area (Å²) in [5.41, 5.74) is 1.15. The van der Waals surface area contributed by atoms with E-state index < -0.39 is 0 Å². The quantitative estimate of drug-likeness (QED) is 0.739. The van der Waals surface area contributed by atoms with Crippen LogP contribution in [-0.4, -0.2) is 12.6 Å². The molecular weight excluding hydrogens is 198 g/mol. The number of nitrogens with one attached hydrogen (secondary N) is 1. The van der Waals surface area contributed by atoms with E-state index in [1.807, 2.05) is 18.2 Å². The fourth-order valence-electron chi connectivity index (χ4n) is 1.34. The molecule has 1 N–H and O–H groups in total. The van der Waals surface area contributed by atoms with Gasteiger partial charge in [-0.2, -0.15) is 0 Å². The third kappa shape index (κ3) is 3.96. The Hall–Kier alpha value is -1.46. The summed E-state index contributed by atoms with van der Waals surface area (Å²) in [6.07, 6.45) is 6.30. The molecule has 0 aliphatic rings. The molecule has 0 fully saturated rings. The molecule has 16 heavy (non-hydrogen) atoms. The molecule has 0 aliphatic heterocycles. The zero-order valence-corrected chi connectivity index (χ0v) is 9.99. The van der Waals surface area contributed by atoms with Crippen molar-refractivity contribution < 1.29 is 4.74 Å². The topological polar surface area (TPSA) is 21.3 Å². The second kappa shape index (κ2) is 6.92. The number of hydrogen-bond acceptors (Lipinski definition) is 2. The standard InChI is InChI=1S/C14H19NO/c1-4-10-16-14-9-7-6-8-13(14)11-15-12(3)5-2/h1,6-9,12,15H,5,10-11H2,2-3H3. The van der Waals surface area contributed by atoms with Crippen molar-refractivity contribution in [2.45, 2.75) is 32.9 Å². The molecule has 0 saturated carbocycles.